The lowest BCUT2D eigenvalue weighted by Crippen LogP contribution is -2.26. The van der Waals surface area contributed by atoms with E-state index in [2.05, 4.69) is 4.98 Å². The number of ketones is 1. The molecule has 1 aromatic rings. The molecule has 0 amide bonds. The first-order valence-corrected chi connectivity index (χ1v) is 6.29. The molecule has 2 N–H and O–H groups in total. The number of carbonyl (C=O) groups excluding carboxylic acids is 1. The summed E-state index contributed by atoms with van der Waals surface area (Å²) in [6.07, 6.45) is 5.64. The van der Waals surface area contributed by atoms with Gasteiger partial charge < -0.3 is 5.73 Å². The second-order valence-electron chi connectivity index (χ2n) is 4.14. The van der Waals surface area contributed by atoms with Gasteiger partial charge in [-0.05, 0) is 25.3 Å². The van der Waals surface area contributed by atoms with Crippen LogP contribution < -0.4 is 5.73 Å². The van der Waals surface area contributed by atoms with Crippen molar-refractivity contribution in [3.8, 4) is 0 Å². The van der Waals surface area contributed by atoms with Gasteiger partial charge in [-0.1, -0.05) is 6.42 Å². The first-order valence-electron chi connectivity index (χ1n) is 5.41. The molecule has 0 aliphatic heterocycles. The number of Topliss-reactive ketones (excluding diaryl/α,β-unsaturated/α-hetero) is 1. The minimum absolute atomic E-state index is 0.206. The average molecular weight is 224 g/mol. The number of aromatic nitrogens is 1. The van der Waals surface area contributed by atoms with E-state index in [1.165, 1.54) is 0 Å². The molecule has 2 unspecified atom stereocenters. The maximum absolute atomic E-state index is 12.0. The van der Waals surface area contributed by atoms with Crippen LogP contribution in [0.3, 0.4) is 0 Å². The van der Waals surface area contributed by atoms with Crippen LogP contribution in [0.4, 0.5) is 0 Å². The molecule has 1 aliphatic rings. The zero-order valence-electron chi connectivity index (χ0n) is 8.69. The second kappa shape index (κ2) is 4.86. The molecular weight excluding hydrogens is 208 g/mol. The maximum Gasteiger partial charge on any atom is 0.141 e. The van der Waals surface area contributed by atoms with Crippen molar-refractivity contribution >= 4 is 17.1 Å². The topological polar surface area (TPSA) is 56.0 Å². The molecule has 15 heavy (non-hydrogen) atoms. The fourth-order valence-electron chi connectivity index (χ4n) is 2.38. The number of nitrogens with two attached hydrogens (primary N) is 1. The molecule has 2 rings (SSSR count). The molecule has 1 aliphatic carbocycles. The summed E-state index contributed by atoms with van der Waals surface area (Å²) >= 11 is 1.56. The van der Waals surface area contributed by atoms with Crippen LogP contribution >= 0.6 is 11.3 Å². The fraction of sp³-hybridized carbons (Fsp3) is 0.636. The molecule has 0 spiro atoms. The lowest BCUT2D eigenvalue weighted by atomic mass is 9.90. The van der Waals surface area contributed by atoms with Gasteiger partial charge in [0.05, 0.1) is 5.51 Å². The van der Waals surface area contributed by atoms with E-state index in [0.29, 0.717) is 24.7 Å². The molecule has 4 heteroatoms. The van der Waals surface area contributed by atoms with Crippen molar-refractivity contribution in [3.63, 3.8) is 0 Å². The molecule has 2 atom stereocenters. The van der Waals surface area contributed by atoms with Gasteiger partial charge in [0.2, 0.25) is 0 Å². The second-order valence-corrected chi connectivity index (χ2v) is 5.11. The number of hydrogen-bond acceptors (Lipinski definition) is 4. The third kappa shape index (κ3) is 2.44. The largest absolute Gasteiger partial charge is 0.330 e. The quantitative estimate of drug-likeness (QED) is 0.845. The minimum atomic E-state index is 0.206. The Morgan fingerprint density at radius 3 is 3.13 bits per heavy atom. The Morgan fingerprint density at radius 2 is 2.47 bits per heavy atom. The van der Waals surface area contributed by atoms with Crippen molar-refractivity contribution in [2.24, 2.45) is 17.6 Å². The van der Waals surface area contributed by atoms with Crippen molar-refractivity contribution in [1.29, 1.82) is 0 Å². The van der Waals surface area contributed by atoms with Crippen LogP contribution in [0.1, 0.15) is 24.1 Å². The van der Waals surface area contributed by atoms with Gasteiger partial charge in [0.1, 0.15) is 5.78 Å². The molecule has 0 bridgehead atoms. The van der Waals surface area contributed by atoms with E-state index in [4.69, 9.17) is 5.73 Å². The molecule has 1 heterocycles. The first kappa shape index (κ1) is 10.8. The Morgan fingerprint density at radius 1 is 1.60 bits per heavy atom. The lowest BCUT2D eigenvalue weighted by Gasteiger charge is -2.15. The van der Waals surface area contributed by atoms with E-state index in [9.17, 15) is 4.79 Å². The average Bonchev–Trinajstić information content (AvgIpc) is 2.86. The summed E-state index contributed by atoms with van der Waals surface area (Å²) in [7, 11) is 0. The number of thiazole rings is 1. The summed E-state index contributed by atoms with van der Waals surface area (Å²) in [5.74, 6) is 0.981. The van der Waals surface area contributed by atoms with Gasteiger partial charge in [0.25, 0.3) is 0 Å². The van der Waals surface area contributed by atoms with Crippen LogP contribution in [0, 0.1) is 11.8 Å². The predicted octanol–water partition coefficient (Wildman–Crippen LogP) is 1.63. The van der Waals surface area contributed by atoms with E-state index in [0.717, 1.165) is 24.1 Å². The third-order valence-corrected chi connectivity index (χ3v) is 3.99. The normalized spacial score (nSPS) is 25.7. The van der Waals surface area contributed by atoms with Gasteiger partial charge in [0, 0.05) is 23.4 Å². The van der Waals surface area contributed by atoms with Gasteiger partial charge >= 0.3 is 0 Å². The highest BCUT2D eigenvalue weighted by atomic mass is 32.1. The molecular formula is C11H16N2OS. The van der Waals surface area contributed by atoms with Crippen molar-refractivity contribution in [1.82, 2.24) is 4.98 Å². The Hall–Kier alpha value is -0.740. The highest BCUT2D eigenvalue weighted by Gasteiger charge is 2.31. The molecule has 1 fully saturated rings. The summed E-state index contributed by atoms with van der Waals surface area (Å²) in [6, 6.07) is 0. The standard InChI is InChI=1S/C11H16N2OS/c12-5-8-2-1-3-10(8)11(14)4-9-6-13-7-15-9/h6-8,10H,1-5,12H2. The van der Waals surface area contributed by atoms with Gasteiger partial charge in [-0.25, -0.2) is 0 Å². The molecule has 0 saturated heterocycles. The van der Waals surface area contributed by atoms with Crippen molar-refractivity contribution in [2.75, 3.05) is 6.54 Å². The van der Waals surface area contributed by atoms with E-state index in [1.807, 2.05) is 0 Å². The Balaban J connectivity index is 1.96. The zero-order valence-corrected chi connectivity index (χ0v) is 9.50. The summed E-state index contributed by atoms with van der Waals surface area (Å²) in [5.41, 5.74) is 7.45. The van der Waals surface area contributed by atoms with E-state index >= 15 is 0 Å². The molecule has 1 saturated carbocycles. The van der Waals surface area contributed by atoms with Gasteiger partial charge in [0.15, 0.2) is 0 Å². The third-order valence-electron chi connectivity index (χ3n) is 3.21. The zero-order chi connectivity index (χ0) is 10.7. The maximum atomic E-state index is 12.0. The van der Waals surface area contributed by atoms with Crippen LogP contribution in [0.2, 0.25) is 0 Å². The number of nitrogens with zero attached hydrogens (tertiary/aromatic N) is 1. The Kier molecular flexibility index (Phi) is 3.49. The van der Waals surface area contributed by atoms with Crippen LogP contribution in [0.5, 0.6) is 0 Å². The molecule has 3 nitrogen and oxygen atoms in total. The number of rotatable bonds is 4. The van der Waals surface area contributed by atoms with Crippen molar-refractivity contribution in [2.45, 2.75) is 25.7 Å². The predicted molar refractivity (Wildman–Crippen MR) is 60.7 cm³/mol. The fourth-order valence-corrected chi connectivity index (χ4v) is 2.98. The van der Waals surface area contributed by atoms with Crippen LogP contribution in [0.15, 0.2) is 11.7 Å². The van der Waals surface area contributed by atoms with Crippen LogP contribution in [0.25, 0.3) is 0 Å². The van der Waals surface area contributed by atoms with Gasteiger partial charge in [-0.3, -0.25) is 9.78 Å². The van der Waals surface area contributed by atoms with E-state index < -0.39 is 0 Å². The monoisotopic (exact) mass is 224 g/mol. The van der Waals surface area contributed by atoms with Crippen LogP contribution in [-0.4, -0.2) is 17.3 Å². The highest BCUT2D eigenvalue weighted by Crippen LogP contribution is 2.32. The van der Waals surface area contributed by atoms with E-state index in [-0.39, 0.29) is 5.92 Å². The van der Waals surface area contributed by atoms with E-state index in [1.54, 1.807) is 23.0 Å². The molecule has 1 aromatic heterocycles. The SMILES string of the molecule is NCC1CCCC1C(=O)Cc1cncs1. The first-order chi connectivity index (χ1) is 7.31. The minimum Gasteiger partial charge on any atom is -0.330 e. The smallest absolute Gasteiger partial charge is 0.141 e. The Bertz CT molecular complexity index is 323. The van der Waals surface area contributed by atoms with Gasteiger partial charge in [-0.15, -0.1) is 11.3 Å². The highest BCUT2D eigenvalue weighted by molar-refractivity contribution is 7.09. The summed E-state index contributed by atoms with van der Waals surface area (Å²) in [5, 5.41) is 0. The number of carbonyl (C=O) groups is 1. The summed E-state index contributed by atoms with van der Waals surface area (Å²) in [4.78, 5) is 17.1. The summed E-state index contributed by atoms with van der Waals surface area (Å²) in [6.45, 7) is 0.652. The Labute approximate surface area is 93.7 Å². The summed E-state index contributed by atoms with van der Waals surface area (Å²) < 4.78 is 0. The molecule has 0 radical (unpaired) electrons. The molecule has 82 valence electrons. The van der Waals surface area contributed by atoms with Crippen LogP contribution in [-0.2, 0) is 11.2 Å². The lowest BCUT2D eigenvalue weighted by molar-refractivity contribution is -0.123. The van der Waals surface area contributed by atoms with Crippen molar-refractivity contribution < 1.29 is 4.79 Å². The van der Waals surface area contributed by atoms with Gasteiger partial charge in [-0.2, -0.15) is 0 Å². The number of hydrogen-bond donors (Lipinski definition) is 1. The van der Waals surface area contributed by atoms with Crippen molar-refractivity contribution in [3.05, 3.63) is 16.6 Å². The molecule has 0 aromatic carbocycles.